The molecule has 102 valence electrons. The number of hydrogen-bond acceptors (Lipinski definition) is 3. The van der Waals surface area contributed by atoms with E-state index in [1.807, 2.05) is 33.8 Å². The van der Waals surface area contributed by atoms with Crippen LogP contribution < -0.4 is 0 Å². The van der Waals surface area contributed by atoms with Gasteiger partial charge < -0.3 is 14.6 Å². The predicted octanol–water partition coefficient (Wildman–Crippen LogP) is 2.41. The molecule has 0 bridgehead atoms. The summed E-state index contributed by atoms with van der Waals surface area (Å²) >= 11 is 0. The fraction of sp³-hybridized carbons (Fsp3) is 0.643. The zero-order valence-electron chi connectivity index (χ0n) is 11.5. The number of aliphatic carboxylic acids is 1. The van der Waals surface area contributed by atoms with Gasteiger partial charge in [-0.25, -0.2) is 4.79 Å². The van der Waals surface area contributed by atoms with Gasteiger partial charge >= 0.3 is 5.97 Å². The predicted molar refractivity (Wildman–Crippen MR) is 69.5 cm³/mol. The van der Waals surface area contributed by atoms with Gasteiger partial charge in [-0.15, -0.1) is 0 Å². The Morgan fingerprint density at radius 3 is 2.50 bits per heavy atom. The summed E-state index contributed by atoms with van der Waals surface area (Å²) in [6.07, 6.45) is 1.82. The van der Waals surface area contributed by atoms with Crippen molar-refractivity contribution in [2.24, 2.45) is 5.92 Å². The average molecular weight is 254 g/mol. The van der Waals surface area contributed by atoms with Gasteiger partial charge in [-0.1, -0.05) is 17.2 Å². The highest BCUT2D eigenvalue weighted by molar-refractivity contribution is 5.88. The molecule has 1 heterocycles. The summed E-state index contributed by atoms with van der Waals surface area (Å²) in [6, 6.07) is 0. The van der Waals surface area contributed by atoms with Gasteiger partial charge in [0.25, 0.3) is 0 Å². The molecule has 0 aromatic rings. The molecule has 2 atom stereocenters. The van der Waals surface area contributed by atoms with E-state index in [9.17, 15) is 9.90 Å². The summed E-state index contributed by atoms with van der Waals surface area (Å²) in [7, 11) is 0. The number of rotatable bonds is 5. The maximum absolute atomic E-state index is 11.3. The van der Waals surface area contributed by atoms with E-state index in [2.05, 4.69) is 0 Å². The van der Waals surface area contributed by atoms with Gasteiger partial charge in [0.05, 0.1) is 25.9 Å². The number of carboxylic acid groups (broad SMARTS) is 1. The first-order chi connectivity index (χ1) is 8.43. The quantitative estimate of drug-likeness (QED) is 0.604. The SMILES string of the molecule is CC(C)=CCOC1COCC1C(C(=O)O)=C(C)C. The van der Waals surface area contributed by atoms with E-state index in [0.29, 0.717) is 25.4 Å². The molecular weight excluding hydrogens is 232 g/mol. The Hall–Kier alpha value is -1.13. The van der Waals surface area contributed by atoms with Crippen molar-refractivity contribution in [3.05, 3.63) is 22.8 Å². The molecule has 4 nitrogen and oxygen atoms in total. The van der Waals surface area contributed by atoms with Crippen LogP contribution in [-0.2, 0) is 14.3 Å². The maximum Gasteiger partial charge on any atom is 0.331 e. The molecule has 1 aliphatic heterocycles. The molecule has 0 amide bonds. The van der Waals surface area contributed by atoms with Crippen molar-refractivity contribution in [1.29, 1.82) is 0 Å². The van der Waals surface area contributed by atoms with E-state index < -0.39 is 5.97 Å². The first-order valence-electron chi connectivity index (χ1n) is 6.16. The van der Waals surface area contributed by atoms with E-state index in [1.165, 1.54) is 5.57 Å². The van der Waals surface area contributed by atoms with Crippen LogP contribution in [0.1, 0.15) is 27.7 Å². The van der Waals surface area contributed by atoms with Gasteiger partial charge in [0.2, 0.25) is 0 Å². The first-order valence-corrected chi connectivity index (χ1v) is 6.16. The van der Waals surface area contributed by atoms with E-state index >= 15 is 0 Å². The second-order valence-electron chi connectivity index (χ2n) is 5.02. The minimum atomic E-state index is -0.874. The third-order valence-electron chi connectivity index (χ3n) is 2.97. The van der Waals surface area contributed by atoms with Gasteiger partial charge in [-0.3, -0.25) is 0 Å². The highest BCUT2D eigenvalue weighted by Gasteiger charge is 2.35. The summed E-state index contributed by atoms with van der Waals surface area (Å²) in [5.74, 6) is -1.04. The minimum absolute atomic E-state index is 0.165. The fourth-order valence-corrected chi connectivity index (χ4v) is 2.05. The largest absolute Gasteiger partial charge is 0.478 e. The lowest BCUT2D eigenvalue weighted by molar-refractivity contribution is -0.133. The minimum Gasteiger partial charge on any atom is -0.478 e. The average Bonchev–Trinajstić information content (AvgIpc) is 2.64. The molecular formula is C14H22O4. The molecule has 1 saturated heterocycles. The Morgan fingerprint density at radius 2 is 2.00 bits per heavy atom. The topological polar surface area (TPSA) is 55.8 Å². The van der Waals surface area contributed by atoms with E-state index in [1.54, 1.807) is 0 Å². The highest BCUT2D eigenvalue weighted by Crippen LogP contribution is 2.27. The lowest BCUT2D eigenvalue weighted by Crippen LogP contribution is -2.28. The van der Waals surface area contributed by atoms with E-state index in [4.69, 9.17) is 9.47 Å². The van der Waals surface area contributed by atoms with Crippen LogP contribution in [-0.4, -0.2) is 37.0 Å². The number of hydrogen-bond donors (Lipinski definition) is 1. The second kappa shape index (κ2) is 6.71. The molecule has 0 saturated carbocycles. The molecule has 4 heteroatoms. The third kappa shape index (κ3) is 3.96. The van der Waals surface area contributed by atoms with Crippen LogP contribution in [0, 0.1) is 5.92 Å². The number of allylic oxidation sites excluding steroid dienone is 2. The molecule has 0 spiro atoms. The van der Waals surface area contributed by atoms with Crippen LogP contribution in [0.5, 0.6) is 0 Å². The van der Waals surface area contributed by atoms with Crippen molar-refractivity contribution in [3.8, 4) is 0 Å². The van der Waals surface area contributed by atoms with Gasteiger partial charge in [0.15, 0.2) is 0 Å². The van der Waals surface area contributed by atoms with Crippen LogP contribution >= 0.6 is 0 Å². The third-order valence-corrected chi connectivity index (χ3v) is 2.97. The molecule has 0 aliphatic carbocycles. The summed E-state index contributed by atoms with van der Waals surface area (Å²) in [5.41, 5.74) is 2.43. The van der Waals surface area contributed by atoms with Crippen LogP contribution in [0.25, 0.3) is 0 Å². The van der Waals surface area contributed by atoms with Crippen molar-refractivity contribution < 1.29 is 19.4 Å². The summed E-state index contributed by atoms with van der Waals surface area (Å²) in [6.45, 7) is 9.03. The summed E-state index contributed by atoms with van der Waals surface area (Å²) in [4.78, 5) is 11.3. The standard InChI is InChI=1S/C14H22O4/c1-9(2)5-6-18-12-8-17-7-11(12)13(10(3)4)14(15)16/h5,11-12H,6-8H2,1-4H3,(H,15,16). The van der Waals surface area contributed by atoms with E-state index in [0.717, 1.165) is 5.57 Å². The molecule has 18 heavy (non-hydrogen) atoms. The second-order valence-corrected chi connectivity index (χ2v) is 5.02. The van der Waals surface area contributed by atoms with Crippen LogP contribution in [0.2, 0.25) is 0 Å². The van der Waals surface area contributed by atoms with Crippen molar-refractivity contribution in [2.45, 2.75) is 33.8 Å². The van der Waals surface area contributed by atoms with Crippen LogP contribution in [0.15, 0.2) is 22.8 Å². The van der Waals surface area contributed by atoms with Gasteiger partial charge in [0, 0.05) is 11.5 Å². The van der Waals surface area contributed by atoms with Crippen molar-refractivity contribution in [3.63, 3.8) is 0 Å². The fourth-order valence-electron chi connectivity index (χ4n) is 2.05. The van der Waals surface area contributed by atoms with Crippen molar-refractivity contribution in [1.82, 2.24) is 0 Å². The lowest BCUT2D eigenvalue weighted by atomic mass is 9.92. The molecule has 0 aromatic carbocycles. The Bertz CT molecular complexity index is 360. The highest BCUT2D eigenvalue weighted by atomic mass is 16.5. The Balaban J connectivity index is 2.73. The maximum atomic E-state index is 11.3. The van der Waals surface area contributed by atoms with Crippen molar-refractivity contribution >= 4 is 5.97 Å². The lowest BCUT2D eigenvalue weighted by Gasteiger charge is -2.19. The summed E-state index contributed by atoms with van der Waals surface area (Å²) < 4.78 is 11.1. The zero-order valence-corrected chi connectivity index (χ0v) is 11.5. The number of ether oxygens (including phenoxy) is 2. The summed E-state index contributed by atoms with van der Waals surface area (Å²) in [5, 5.41) is 9.25. The molecule has 0 radical (unpaired) electrons. The molecule has 0 aromatic heterocycles. The monoisotopic (exact) mass is 254 g/mol. The Kier molecular flexibility index (Phi) is 5.56. The molecule has 1 aliphatic rings. The Labute approximate surface area is 108 Å². The van der Waals surface area contributed by atoms with E-state index in [-0.39, 0.29) is 12.0 Å². The number of carboxylic acids is 1. The smallest absolute Gasteiger partial charge is 0.331 e. The van der Waals surface area contributed by atoms with Gasteiger partial charge in [-0.05, 0) is 27.7 Å². The zero-order chi connectivity index (χ0) is 13.7. The molecule has 1 N–H and O–H groups in total. The number of carbonyl (C=O) groups is 1. The van der Waals surface area contributed by atoms with Crippen LogP contribution in [0.3, 0.4) is 0 Å². The van der Waals surface area contributed by atoms with Gasteiger partial charge in [0.1, 0.15) is 0 Å². The Morgan fingerprint density at radius 1 is 1.33 bits per heavy atom. The first kappa shape index (κ1) is 14.9. The molecule has 1 fully saturated rings. The molecule has 1 rings (SSSR count). The normalized spacial score (nSPS) is 22.7. The van der Waals surface area contributed by atoms with Gasteiger partial charge in [-0.2, -0.15) is 0 Å². The molecule has 2 unspecified atom stereocenters. The van der Waals surface area contributed by atoms with Crippen molar-refractivity contribution in [2.75, 3.05) is 19.8 Å². The van der Waals surface area contributed by atoms with Crippen LogP contribution in [0.4, 0.5) is 0 Å².